The number of ether oxygens (including phenoxy) is 9. The molecule has 0 spiro atoms. The molecule has 0 heterocycles. The van der Waals surface area contributed by atoms with Crippen molar-refractivity contribution in [1.29, 1.82) is 0 Å². The molecular weight excluding hydrogens is 681 g/mol. The van der Waals surface area contributed by atoms with Crippen molar-refractivity contribution in [1.82, 2.24) is 15.5 Å². The molecule has 0 saturated heterocycles. The van der Waals surface area contributed by atoms with Crippen LogP contribution in [0.3, 0.4) is 0 Å². The van der Waals surface area contributed by atoms with Crippen LogP contribution in [0, 0.1) is 0 Å². The van der Waals surface area contributed by atoms with Gasteiger partial charge < -0.3 is 53.3 Å². The van der Waals surface area contributed by atoms with E-state index >= 15 is 0 Å². The number of hydrogen-bond donors (Lipinski definition) is 2. The van der Waals surface area contributed by atoms with Crippen LogP contribution in [0.1, 0.15) is 20.3 Å². The molecule has 0 fully saturated rings. The first-order chi connectivity index (χ1) is 21.1. The summed E-state index contributed by atoms with van der Waals surface area (Å²) >= 11 is 2.13. The Kier molecular flexibility index (Phi) is 35.1. The maximum Gasteiger partial charge on any atom is 0.234 e. The summed E-state index contributed by atoms with van der Waals surface area (Å²) in [6.07, 6.45) is 0.987. The van der Waals surface area contributed by atoms with Crippen LogP contribution in [0.15, 0.2) is 0 Å². The van der Waals surface area contributed by atoms with Gasteiger partial charge in [-0.05, 0) is 13.3 Å². The van der Waals surface area contributed by atoms with E-state index in [0.717, 1.165) is 13.0 Å². The lowest BCUT2D eigenvalue weighted by molar-refractivity contribution is -0.125. The fourth-order valence-electron chi connectivity index (χ4n) is 3.22. The van der Waals surface area contributed by atoms with Crippen molar-refractivity contribution in [2.24, 2.45) is 0 Å². The minimum absolute atomic E-state index is 0.0528. The van der Waals surface area contributed by atoms with Gasteiger partial charge in [-0.25, -0.2) is 0 Å². The summed E-state index contributed by atoms with van der Waals surface area (Å²) in [4.78, 5) is 26.7. The number of rotatable bonds is 35. The van der Waals surface area contributed by atoms with E-state index in [1.807, 2.05) is 6.92 Å². The third kappa shape index (κ3) is 34.0. The zero-order valence-electron chi connectivity index (χ0n) is 26.3. The Hall–Kier alpha value is -0.730. The molecule has 0 aliphatic rings. The van der Waals surface area contributed by atoms with Crippen LogP contribution in [-0.2, 0) is 52.2 Å². The first kappa shape index (κ1) is 42.3. The number of halogens is 1. The Morgan fingerprint density at radius 3 is 1.30 bits per heavy atom. The third-order valence-corrected chi connectivity index (χ3v) is 5.73. The first-order valence-electron chi connectivity index (χ1n) is 15.1. The molecule has 0 aromatic rings. The summed E-state index contributed by atoms with van der Waals surface area (Å²) in [5.74, 6) is -0.404. The Morgan fingerprint density at radius 1 is 0.512 bits per heavy atom. The van der Waals surface area contributed by atoms with Crippen LogP contribution in [0.2, 0.25) is 0 Å². The molecule has 2 amide bonds. The van der Waals surface area contributed by atoms with E-state index in [1.165, 1.54) is 0 Å². The van der Waals surface area contributed by atoms with Crippen LogP contribution in [0.5, 0.6) is 0 Å². The molecule has 14 nitrogen and oxygen atoms in total. The molecule has 0 radical (unpaired) electrons. The number of hydrogen-bond acceptors (Lipinski definition) is 12. The van der Waals surface area contributed by atoms with Gasteiger partial charge in [0.25, 0.3) is 0 Å². The van der Waals surface area contributed by atoms with Gasteiger partial charge in [0.2, 0.25) is 11.8 Å². The molecule has 0 aromatic carbocycles. The molecule has 0 aromatic heterocycles. The fraction of sp³-hybridized carbons (Fsp3) is 0.929. The Labute approximate surface area is 271 Å². The van der Waals surface area contributed by atoms with E-state index in [1.54, 1.807) is 4.90 Å². The lowest BCUT2D eigenvalue weighted by Gasteiger charge is -2.21. The Morgan fingerprint density at radius 2 is 0.884 bits per heavy atom. The zero-order valence-corrected chi connectivity index (χ0v) is 28.4. The van der Waals surface area contributed by atoms with Gasteiger partial charge in [0.15, 0.2) is 0 Å². The quantitative estimate of drug-likeness (QED) is 0.0531. The number of nitrogens with zero attached hydrogens (tertiary/aromatic N) is 1. The van der Waals surface area contributed by atoms with Crippen LogP contribution in [0.25, 0.3) is 0 Å². The van der Waals surface area contributed by atoms with Gasteiger partial charge in [0.1, 0.15) is 0 Å². The average Bonchev–Trinajstić information content (AvgIpc) is 2.99. The smallest absolute Gasteiger partial charge is 0.234 e. The maximum absolute atomic E-state index is 12.5. The van der Waals surface area contributed by atoms with Gasteiger partial charge in [0, 0.05) is 32.8 Å². The Balaban J connectivity index is 4.18. The summed E-state index contributed by atoms with van der Waals surface area (Å²) in [7, 11) is 0. The lowest BCUT2D eigenvalue weighted by atomic mass is 10.4. The van der Waals surface area contributed by atoms with Gasteiger partial charge in [-0.2, -0.15) is 0 Å². The Bertz CT molecular complexity index is 612. The topological polar surface area (TPSA) is 145 Å². The summed E-state index contributed by atoms with van der Waals surface area (Å²) in [5.41, 5.74) is 0. The number of amides is 2. The average molecular weight is 738 g/mol. The predicted octanol–water partition coefficient (Wildman–Crippen LogP) is 0.493. The van der Waals surface area contributed by atoms with E-state index in [9.17, 15) is 9.59 Å². The maximum atomic E-state index is 12.5. The van der Waals surface area contributed by atoms with Crippen LogP contribution < -0.4 is 10.6 Å². The van der Waals surface area contributed by atoms with Gasteiger partial charge >= 0.3 is 0 Å². The standard InChI is InChI=1S/C28H56IN3O11/c1-3-8-36-14-18-41-20-16-38-10-6-31-28(34)25-32(7-11-39-17-21-42-22-23-43-26-29)24-27(33)30-5-9-37-15-19-40-13-12-35-4-2/h3-26H2,1-2H3,(H,30,33)(H,31,34). The van der Waals surface area contributed by atoms with Crippen molar-refractivity contribution in [3.63, 3.8) is 0 Å². The van der Waals surface area contributed by atoms with Gasteiger partial charge in [0.05, 0.1) is 117 Å². The second-order valence-corrected chi connectivity index (χ2v) is 9.53. The number of alkyl halides is 1. The summed E-state index contributed by atoms with van der Waals surface area (Å²) in [6.45, 7) is 13.6. The molecule has 15 heteroatoms. The third-order valence-electron chi connectivity index (χ3n) is 5.29. The number of carbonyl (C=O) groups excluding carboxylic acids is 2. The first-order valence-corrected chi connectivity index (χ1v) is 16.7. The van der Waals surface area contributed by atoms with Crippen LogP contribution in [-0.4, -0.2) is 166 Å². The van der Waals surface area contributed by atoms with E-state index in [-0.39, 0.29) is 24.9 Å². The van der Waals surface area contributed by atoms with Crippen LogP contribution in [0.4, 0.5) is 0 Å². The van der Waals surface area contributed by atoms with Crippen molar-refractivity contribution < 1.29 is 52.2 Å². The molecular formula is C28H56IN3O11. The van der Waals surface area contributed by atoms with E-state index in [2.05, 4.69) is 40.1 Å². The highest BCUT2D eigenvalue weighted by atomic mass is 127. The van der Waals surface area contributed by atoms with Crippen molar-refractivity contribution in [2.45, 2.75) is 20.3 Å². The highest BCUT2D eigenvalue weighted by molar-refractivity contribution is 14.1. The SMILES string of the molecule is CCCOCCOCCOCCNC(=O)CN(CCOCCOCCOCI)CC(=O)NCCOCCOCCOCC. The van der Waals surface area contributed by atoms with Gasteiger partial charge in [-0.1, -0.05) is 29.5 Å². The molecule has 0 bridgehead atoms. The highest BCUT2D eigenvalue weighted by Gasteiger charge is 2.14. The normalized spacial score (nSPS) is 11.3. The molecule has 256 valence electrons. The van der Waals surface area contributed by atoms with Crippen molar-refractivity contribution in [3.05, 3.63) is 0 Å². The molecule has 0 saturated carbocycles. The van der Waals surface area contributed by atoms with Crippen molar-refractivity contribution in [3.8, 4) is 0 Å². The lowest BCUT2D eigenvalue weighted by Crippen LogP contribution is -2.45. The molecule has 2 N–H and O–H groups in total. The number of nitrogens with one attached hydrogen (secondary N) is 2. The molecule has 0 atom stereocenters. The summed E-state index contributed by atoms with van der Waals surface area (Å²) in [6, 6.07) is 0. The monoisotopic (exact) mass is 737 g/mol. The second kappa shape index (κ2) is 35.7. The highest BCUT2D eigenvalue weighted by Crippen LogP contribution is 1.92. The van der Waals surface area contributed by atoms with Crippen molar-refractivity contribution in [2.75, 3.05) is 150 Å². The fourth-order valence-corrected chi connectivity index (χ4v) is 3.53. The van der Waals surface area contributed by atoms with E-state index in [0.29, 0.717) is 130 Å². The second-order valence-electron chi connectivity index (χ2n) is 8.91. The molecule has 0 rings (SSSR count). The zero-order chi connectivity index (χ0) is 31.5. The number of carbonyl (C=O) groups is 2. The van der Waals surface area contributed by atoms with Crippen molar-refractivity contribution >= 4 is 34.4 Å². The van der Waals surface area contributed by atoms with E-state index in [4.69, 9.17) is 42.6 Å². The minimum Gasteiger partial charge on any atom is -0.379 e. The van der Waals surface area contributed by atoms with Gasteiger partial charge in [-0.3, -0.25) is 14.5 Å². The predicted molar refractivity (Wildman–Crippen MR) is 170 cm³/mol. The molecule has 0 aliphatic carbocycles. The molecule has 43 heavy (non-hydrogen) atoms. The summed E-state index contributed by atoms with van der Waals surface area (Å²) in [5, 5.41) is 5.64. The molecule has 0 unspecified atom stereocenters. The van der Waals surface area contributed by atoms with Gasteiger partial charge in [-0.15, -0.1) is 0 Å². The largest absolute Gasteiger partial charge is 0.379 e. The van der Waals surface area contributed by atoms with Crippen LogP contribution >= 0.6 is 22.6 Å². The molecule has 0 aliphatic heterocycles. The van der Waals surface area contributed by atoms with E-state index < -0.39 is 0 Å². The summed E-state index contributed by atoms with van der Waals surface area (Å²) < 4.78 is 49.2. The minimum atomic E-state index is -0.202.